The van der Waals surface area contributed by atoms with Crippen molar-refractivity contribution in [3.63, 3.8) is 0 Å². The molecule has 1 aromatic rings. The van der Waals surface area contributed by atoms with Crippen LogP contribution in [0.5, 0.6) is 0 Å². The second kappa shape index (κ2) is 6.25. The number of hydrogen-bond acceptors (Lipinski definition) is 2. The molecule has 5 heteroatoms. The molecule has 2 nitrogen and oxygen atoms in total. The molecule has 0 saturated carbocycles. The van der Waals surface area contributed by atoms with Gasteiger partial charge in [0.05, 0.1) is 5.56 Å². The summed E-state index contributed by atoms with van der Waals surface area (Å²) < 4.78 is 14.1. The number of carbonyl (C=O) groups excluding carboxylic acids is 1. The van der Waals surface area contributed by atoms with Crippen molar-refractivity contribution in [3.8, 4) is 0 Å². The summed E-state index contributed by atoms with van der Waals surface area (Å²) >= 11 is 4.88. The molecule has 0 aliphatic heterocycles. The van der Waals surface area contributed by atoms with E-state index >= 15 is 0 Å². The topological polar surface area (TPSA) is 20.3 Å². The number of benzene rings is 1. The zero-order valence-corrected chi connectivity index (χ0v) is 11.6. The SMILES string of the molecule is CSCCN(C)C(=O)c1cc(Br)ccc1F. The van der Waals surface area contributed by atoms with Gasteiger partial charge in [0.25, 0.3) is 5.91 Å². The van der Waals surface area contributed by atoms with E-state index in [4.69, 9.17) is 0 Å². The molecule has 0 bridgehead atoms. The third-order valence-electron chi connectivity index (χ3n) is 2.14. The number of hydrogen-bond donors (Lipinski definition) is 0. The second-order valence-electron chi connectivity index (χ2n) is 3.34. The Bertz CT molecular complexity index is 386. The molecule has 0 aromatic heterocycles. The fraction of sp³-hybridized carbons (Fsp3) is 0.364. The third-order valence-corrected chi connectivity index (χ3v) is 3.22. The molecule has 0 N–H and O–H groups in total. The maximum absolute atomic E-state index is 13.4. The lowest BCUT2D eigenvalue weighted by molar-refractivity contribution is 0.0799. The van der Waals surface area contributed by atoms with Crippen LogP contribution in [0.4, 0.5) is 4.39 Å². The molecule has 0 radical (unpaired) electrons. The lowest BCUT2D eigenvalue weighted by Crippen LogP contribution is -2.29. The molecule has 1 rings (SSSR count). The zero-order chi connectivity index (χ0) is 12.1. The van der Waals surface area contributed by atoms with Gasteiger partial charge < -0.3 is 4.90 Å². The summed E-state index contributed by atoms with van der Waals surface area (Å²) in [5, 5.41) is 0. The van der Waals surface area contributed by atoms with Crippen molar-refractivity contribution in [1.82, 2.24) is 4.90 Å². The number of halogens is 2. The van der Waals surface area contributed by atoms with Gasteiger partial charge in [0.15, 0.2) is 0 Å². The first kappa shape index (κ1) is 13.5. The third kappa shape index (κ3) is 3.49. The Morgan fingerprint density at radius 1 is 1.56 bits per heavy atom. The van der Waals surface area contributed by atoms with Crippen LogP contribution < -0.4 is 0 Å². The average molecular weight is 306 g/mol. The molecule has 0 atom stereocenters. The molecular formula is C11H13BrFNOS. The predicted molar refractivity (Wildman–Crippen MR) is 69.4 cm³/mol. The summed E-state index contributed by atoms with van der Waals surface area (Å²) in [6.45, 7) is 0.617. The number of nitrogens with zero attached hydrogens (tertiary/aromatic N) is 1. The molecule has 0 saturated heterocycles. The van der Waals surface area contributed by atoms with E-state index in [1.807, 2.05) is 6.26 Å². The minimum Gasteiger partial charge on any atom is -0.341 e. The van der Waals surface area contributed by atoms with Gasteiger partial charge >= 0.3 is 0 Å². The van der Waals surface area contributed by atoms with Crippen molar-refractivity contribution >= 4 is 33.6 Å². The summed E-state index contributed by atoms with van der Waals surface area (Å²) in [4.78, 5) is 13.4. The van der Waals surface area contributed by atoms with Crippen LogP contribution in [-0.2, 0) is 0 Å². The largest absolute Gasteiger partial charge is 0.341 e. The quantitative estimate of drug-likeness (QED) is 0.852. The van der Waals surface area contributed by atoms with E-state index in [1.54, 1.807) is 24.9 Å². The smallest absolute Gasteiger partial charge is 0.256 e. The van der Waals surface area contributed by atoms with Crippen LogP contribution in [0.15, 0.2) is 22.7 Å². The van der Waals surface area contributed by atoms with Crippen molar-refractivity contribution in [3.05, 3.63) is 34.1 Å². The lowest BCUT2D eigenvalue weighted by Gasteiger charge is -2.16. The van der Waals surface area contributed by atoms with Crippen LogP contribution in [0.25, 0.3) is 0 Å². The summed E-state index contributed by atoms with van der Waals surface area (Å²) in [6.07, 6.45) is 1.97. The Labute approximate surface area is 107 Å². The standard InChI is InChI=1S/C11H13BrFNOS/c1-14(5-6-16-2)11(15)9-7-8(12)3-4-10(9)13/h3-4,7H,5-6H2,1-2H3. The molecule has 16 heavy (non-hydrogen) atoms. The van der Waals surface area contributed by atoms with Crippen molar-refractivity contribution in [2.75, 3.05) is 25.6 Å². The highest BCUT2D eigenvalue weighted by Gasteiger charge is 2.15. The van der Waals surface area contributed by atoms with E-state index in [9.17, 15) is 9.18 Å². The Balaban J connectivity index is 2.83. The fourth-order valence-corrected chi connectivity index (χ4v) is 2.01. The van der Waals surface area contributed by atoms with Crippen LogP contribution in [0.3, 0.4) is 0 Å². The predicted octanol–water partition coefficient (Wildman–Crippen LogP) is 3.02. The Morgan fingerprint density at radius 3 is 2.88 bits per heavy atom. The van der Waals surface area contributed by atoms with Crippen LogP contribution in [0, 0.1) is 5.82 Å². The van der Waals surface area contributed by atoms with Gasteiger partial charge in [-0.2, -0.15) is 11.8 Å². The lowest BCUT2D eigenvalue weighted by atomic mass is 10.2. The van der Waals surface area contributed by atoms with Gasteiger partial charge in [-0.15, -0.1) is 0 Å². The highest BCUT2D eigenvalue weighted by atomic mass is 79.9. The molecule has 88 valence electrons. The van der Waals surface area contributed by atoms with E-state index in [0.29, 0.717) is 11.0 Å². The van der Waals surface area contributed by atoms with E-state index in [2.05, 4.69) is 15.9 Å². The summed E-state index contributed by atoms with van der Waals surface area (Å²) in [7, 11) is 1.68. The Kier molecular flexibility index (Phi) is 5.28. The van der Waals surface area contributed by atoms with E-state index in [-0.39, 0.29) is 11.5 Å². The van der Waals surface area contributed by atoms with Gasteiger partial charge in [0.1, 0.15) is 5.82 Å². The highest BCUT2D eigenvalue weighted by Crippen LogP contribution is 2.17. The second-order valence-corrected chi connectivity index (χ2v) is 5.24. The van der Waals surface area contributed by atoms with Crippen LogP contribution in [0.2, 0.25) is 0 Å². The van der Waals surface area contributed by atoms with Crippen molar-refractivity contribution in [2.24, 2.45) is 0 Å². The van der Waals surface area contributed by atoms with Gasteiger partial charge in [0, 0.05) is 23.8 Å². The first-order chi connectivity index (χ1) is 7.56. The first-order valence-corrected chi connectivity index (χ1v) is 6.94. The average Bonchev–Trinajstić information content (AvgIpc) is 2.28. The highest BCUT2D eigenvalue weighted by molar-refractivity contribution is 9.10. The number of rotatable bonds is 4. The van der Waals surface area contributed by atoms with Crippen LogP contribution >= 0.6 is 27.7 Å². The normalized spacial score (nSPS) is 10.2. The van der Waals surface area contributed by atoms with Gasteiger partial charge in [-0.25, -0.2) is 4.39 Å². The number of amides is 1. The molecule has 1 aromatic carbocycles. The van der Waals surface area contributed by atoms with E-state index < -0.39 is 5.82 Å². The number of thioether (sulfide) groups is 1. The Morgan fingerprint density at radius 2 is 2.25 bits per heavy atom. The van der Waals surface area contributed by atoms with Crippen LogP contribution in [-0.4, -0.2) is 36.4 Å². The molecule has 0 fully saturated rings. The molecule has 0 aliphatic rings. The summed E-state index contributed by atoms with van der Waals surface area (Å²) in [6, 6.07) is 4.38. The summed E-state index contributed by atoms with van der Waals surface area (Å²) in [5.41, 5.74) is 0.109. The van der Waals surface area contributed by atoms with Gasteiger partial charge in [-0.1, -0.05) is 15.9 Å². The molecule has 0 spiro atoms. The van der Waals surface area contributed by atoms with Crippen molar-refractivity contribution in [1.29, 1.82) is 0 Å². The molecule has 0 aliphatic carbocycles. The molecule has 0 heterocycles. The van der Waals surface area contributed by atoms with Gasteiger partial charge in [0.2, 0.25) is 0 Å². The monoisotopic (exact) mass is 305 g/mol. The van der Waals surface area contributed by atoms with E-state index in [1.165, 1.54) is 17.0 Å². The number of carbonyl (C=O) groups is 1. The van der Waals surface area contributed by atoms with Gasteiger partial charge in [-0.3, -0.25) is 4.79 Å². The molecule has 1 amide bonds. The zero-order valence-electron chi connectivity index (χ0n) is 9.17. The molecule has 0 unspecified atom stereocenters. The van der Waals surface area contributed by atoms with E-state index in [0.717, 1.165) is 5.75 Å². The first-order valence-electron chi connectivity index (χ1n) is 4.75. The van der Waals surface area contributed by atoms with Crippen LogP contribution in [0.1, 0.15) is 10.4 Å². The van der Waals surface area contributed by atoms with Crippen molar-refractivity contribution < 1.29 is 9.18 Å². The van der Waals surface area contributed by atoms with Gasteiger partial charge in [-0.05, 0) is 24.5 Å². The minimum absolute atomic E-state index is 0.109. The Hall–Kier alpha value is -0.550. The maximum Gasteiger partial charge on any atom is 0.256 e. The minimum atomic E-state index is -0.482. The molecular weight excluding hydrogens is 293 g/mol. The fourth-order valence-electron chi connectivity index (χ4n) is 1.20. The van der Waals surface area contributed by atoms with Crippen molar-refractivity contribution in [2.45, 2.75) is 0 Å². The maximum atomic E-state index is 13.4. The summed E-state index contributed by atoms with van der Waals surface area (Å²) in [5.74, 6) is 0.0785.